The van der Waals surface area contributed by atoms with Crippen molar-refractivity contribution in [3.63, 3.8) is 0 Å². The second-order valence-corrected chi connectivity index (χ2v) is 8.33. The molecule has 1 fully saturated rings. The predicted octanol–water partition coefficient (Wildman–Crippen LogP) is 4.15. The van der Waals surface area contributed by atoms with Crippen molar-refractivity contribution in [1.82, 2.24) is 19.6 Å². The van der Waals surface area contributed by atoms with E-state index in [0.717, 1.165) is 18.5 Å². The number of hydrogen-bond acceptors (Lipinski definition) is 5. The third kappa shape index (κ3) is 4.21. The summed E-state index contributed by atoms with van der Waals surface area (Å²) < 4.78 is 8.36. The number of nitrogens with zero attached hydrogens (tertiary/aromatic N) is 4. The van der Waals surface area contributed by atoms with Gasteiger partial charge in [-0.1, -0.05) is 29.8 Å². The molecule has 1 aliphatic carbocycles. The number of carbonyl (C=O) groups is 1. The molecular weight excluding hydrogens is 442 g/mol. The van der Waals surface area contributed by atoms with Crippen molar-refractivity contribution in [2.75, 3.05) is 11.9 Å². The van der Waals surface area contributed by atoms with E-state index in [9.17, 15) is 9.59 Å². The van der Waals surface area contributed by atoms with Gasteiger partial charge in [0.1, 0.15) is 17.8 Å². The maximum absolute atomic E-state index is 13.4. The first-order valence-corrected chi connectivity index (χ1v) is 11.2. The van der Waals surface area contributed by atoms with Crippen LogP contribution < -0.4 is 15.6 Å². The van der Waals surface area contributed by atoms with Crippen molar-refractivity contribution in [2.45, 2.75) is 32.2 Å². The molecule has 168 valence electrons. The number of para-hydroxylation sites is 2. The first-order valence-electron chi connectivity index (χ1n) is 10.8. The Balaban J connectivity index is 1.53. The van der Waals surface area contributed by atoms with E-state index in [1.54, 1.807) is 41.2 Å². The summed E-state index contributed by atoms with van der Waals surface area (Å²) in [6, 6.07) is 14.3. The monoisotopic (exact) mass is 463 g/mol. The summed E-state index contributed by atoms with van der Waals surface area (Å²) in [6.45, 7) is 2.12. The van der Waals surface area contributed by atoms with Crippen LogP contribution in [-0.4, -0.2) is 32.1 Å². The van der Waals surface area contributed by atoms with Gasteiger partial charge in [-0.3, -0.25) is 9.59 Å². The lowest BCUT2D eigenvalue weighted by Crippen LogP contribution is -2.31. The van der Waals surface area contributed by atoms with Crippen molar-refractivity contribution in [3.05, 3.63) is 75.8 Å². The molecule has 0 spiro atoms. The molecule has 2 aromatic carbocycles. The average molecular weight is 464 g/mol. The van der Waals surface area contributed by atoms with Crippen molar-refractivity contribution in [1.29, 1.82) is 0 Å². The number of benzene rings is 2. The highest BCUT2D eigenvalue weighted by atomic mass is 35.5. The highest BCUT2D eigenvalue weighted by Crippen LogP contribution is 2.41. The van der Waals surface area contributed by atoms with Gasteiger partial charge in [0.15, 0.2) is 0 Å². The number of fused-ring (bicyclic) bond motifs is 1. The zero-order valence-corrected chi connectivity index (χ0v) is 18.7. The van der Waals surface area contributed by atoms with Crippen LogP contribution in [0.5, 0.6) is 5.75 Å². The Bertz CT molecular complexity index is 1410. The number of aromatic nitrogens is 4. The van der Waals surface area contributed by atoms with E-state index >= 15 is 0 Å². The van der Waals surface area contributed by atoms with Crippen molar-refractivity contribution < 1.29 is 9.53 Å². The van der Waals surface area contributed by atoms with Crippen LogP contribution in [0.2, 0.25) is 5.02 Å². The third-order valence-electron chi connectivity index (χ3n) is 5.48. The molecule has 1 aliphatic rings. The second-order valence-electron chi connectivity index (χ2n) is 7.90. The zero-order valence-electron chi connectivity index (χ0n) is 18.0. The Kier molecular flexibility index (Phi) is 5.60. The number of hydrogen-bond donors (Lipinski definition) is 1. The molecule has 8 nitrogen and oxygen atoms in total. The third-order valence-corrected chi connectivity index (χ3v) is 5.72. The summed E-state index contributed by atoms with van der Waals surface area (Å²) in [7, 11) is 0. The van der Waals surface area contributed by atoms with Crippen molar-refractivity contribution >= 4 is 34.1 Å². The number of carbonyl (C=O) groups excluding carboxylic acids is 1. The van der Waals surface area contributed by atoms with E-state index in [-0.39, 0.29) is 23.9 Å². The van der Waals surface area contributed by atoms with Gasteiger partial charge in [-0.05, 0) is 50.1 Å². The summed E-state index contributed by atoms with van der Waals surface area (Å²) in [5, 5.41) is 13.1. The lowest BCUT2D eigenvalue weighted by molar-refractivity contribution is -0.117. The van der Waals surface area contributed by atoms with Crippen molar-refractivity contribution in [3.8, 4) is 11.4 Å². The minimum absolute atomic E-state index is 0.227. The average Bonchev–Trinajstić information content (AvgIpc) is 3.54. The Morgan fingerprint density at radius 3 is 2.79 bits per heavy atom. The second kappa shape index (κ2) is 8.71. The van der Waals surface area contributed by atoms with E-state index in [1.807, 2.05) is 25.1 Å². The molecule has 1 saturated carbocycles. The topological polar surface area (TPSA) is 91.0 Å². The summed E-state index contributed by atoms with van der Waals surface area (Å²) in [5.41, 5.74) is 2.01. The van der Waals surface area contributed by atoms with Gasteiger partial charge in [-0.15, -0.1) is 0 Å². The molecule has 4 aromatic rings. The van der Waals surface area contributed by atoms with Crippen LogP contribution in [0, 0.1) is 0 Å². The van der Waals surface area contributed by atoms with Gasteiger partial charge in [0.25, 0.3) is 5.56 Å². The largest absolute Gasteiger partial charge is 0.492 e. The van der Waals surface area contributed by atoms with Gasteiger partial charge >= 0.3 is 0 Å². The Morgan fingerprint density at radius 2 is 2.03 bits per heavy atom. The minimum atomic E-state index is -0.389. The number of rotatable bonds is 7. The SMILES string of the molecule is CCOc1ccccc1NC(=O)Cn1nc(C2CC2)c2cnn(-c3cccc(Cl)c3)c2c1=O. The maximum atomic E-state index is 13.4. The molecule has 2 aromatic heterocycles. The van der Waals surface area contributed by atoms with Crippen LogP contribution in [0.25, 0.3) is 16.6 Å². The van der Waals surface area contributed by atoms with E-state index in [0.29, 0.717) is 39.7 Å². The highest BCUT2D eigenvalue weighted by Gasteiger charge is 2.30. The van der Waals surface area contributed by atoms with Gasteiger partial charge < -0.3 is 10.1 Å². The van der Waals surface area contributed by atoms with Crippen LogP contribution >= 0.6 is 11.6 Å². The minimum Gasteiger partial charge on any atom is -0.492 e. The molecule has 9 heteroatoms. The molecule has 0 saturated heterocycles. The molecule has 0 unspecified atom stereocenters. The summed E-state index contributed by atoms with van der Waals surface area (Å²) in [5.74, 6) is 0.464. The predicted molar refractivity (Wildman–Crippen MR) is 126 cm³/mol. The standard InChI is InChI=1S/C24H22ClN5O3/c1-2-33-20-9-4-3-8-19(20)27-21(31)14-29-24(32)23-18(22(28-29)15-10-11-15)13-26-30(23)17-7-5-6-16(25)12-17/h3-9,12-13,15H,2,10-11,14H2,1H3,(H,27,31). The van der Waals surface area contributed by atoms with E-state index in [2.05, 4.69) is 15.5 Å². The maximum Gasteiger partial charge on any atom is 0.293 e. The lowest BCUT2D eigenvalue weighted by atomic mass is 10.2. The van der Waals surface area contributed by atoms with E-state index < -0.39 is 0 Å². The van der Waals surface area contributed by atoms with Crippen LogP contribution in [0.4, 0.5) is 5.69 Å². The number of anilines is 1. The molecule has 5 rings (SSSR count). The summed E-state index contributed by atoms with van der Waals surface area (Å²) >= 11 is 6.16. The summed E-state index contributed by atoms with van der Waals surface area (Å²) in [6.07, 6.45) is 3.66. The van der Waals surface area contributed by atoms with Gasteiger partial charge in [-0.2, -0.15) is 10.2 Å². The fourth-order valence-electron chi connectivity index (χ4n) is 3.84. The van der Waals surface area contributed by atoms with Gasteiger partial charge in [0, 0.05) is 16.3 Å². The summed E-state index contributed by atoms with van der Waals surface area (Å²) in [4.78, 5) is 26.3. The number of halogens is 1. The lowest BCUT2D eigenvalue weighted by Gasteiger charge is -2.13. The molecule has 0 atom stereocenters. The zero-order chi connectivity index (χ0) is 22.9. The van der Waals surface area contributed by atoms with E-state index in [4.69, 9.17) is 16.3 Å². The Morgan fingerprint density at radius 1 is 1.21 bits per heavy atom. The first kappa shape index (κ1) is 21.2. The van der Waals surface area contributed by atoms with Crippen LogP contribution in [0.3, 0.4) is 0 Å². The molecule has 1 amide bonds. The molecule has 0 bridgehead atoms. The normalized spacial score (nSPS) is 13.3. The smallest absolute Gasteiger partial charge is 0.293 e. The Labute approximate surface area is 194 Å². The molecule has 0 aliphatic heterocycles. The van der Waals surface area contributed by atoms with Crippen LogP contribution in [-0.2, 0) is 11.3 Å². The molecular formula is C24H22ClN5O3. The molecule has 0 radical (unpaired) electrons. The first-order chi connectivity index (χ1) is 16.0. The fraction of sp³-hybridized carbons (Fsp3) is 0.250. The number of amides is 1. The number of ether oxygens (including phenoxy) is 1. The van der Waals surface area contributed by atoms with Crippen molar-refractivity contribution in [2.24, 2.45) is 0 Å². The number of nitrogens with one attached hydrogen (secondary N) is 1. The van der Waals surface area contributed by atoms with Gasteiger partial charge in [-0.25, -0.2) is 9.36 Å². The van der Waals surface area contributed by atoms with Crippen LogP contribution in [0.1, 0.15) is 31.4 Å². The fourth-order valence-corrected chi connectivity index (χ4v) is 4.02. The molecule has 2 heterocycles. The van der Waals surface area contributed by atoms with E-state index in [1.165, 1.54) is 4.68 Å². The molecule has 1 N–H and O–H groups in total. The van der Waals surface area contributed by atoms with Gasteiger partial charge in [0.2, 0.25) is 5.91 Å². The Hall–Kier alpha value is -3.65. The molecule has 33 heavy (non-hydrogen) atoms. The highest BCUT2D eigenvalue weighted by molar-refractivity contribution is 6.30. The van der Waals surface area contributed by atoms with Gasteiger partial charge in [0.05, 0.1) is 29.9 Å². The van der Waals surface area contributed by atoms with Crippen LogP contribution in [0.15, 0.2) is 59.5 Å². The quantitative estimate of drug-likeness (QED) is 0.444.